The average Bonchev–Trinajstić information content (AvgIpc) is 2.65. The van der Waals surface area contributed by atoms with Gasteiger partial charge in [-0.25, -0.2) is 8.42 Å². The summed E-state index contributed by atoms with van der Waals surface area (Å²) in [6, 6.07) is 3.82. The van der Waals surface area contributed by atoms with Gasteiger partial charge in [-0.3, -0.25) is 4.79 Å². The fourth-order valence-corrected chi connectivity index (χ4v) is 5.31. The minimum Gasteiger partial charge on any atom is -0.493 e. The van der Waals surface area contributed by atoms with Gasteiger partial charge in [0.15, 0.2) is 26.1 Å². The highest BCUT2D eigenvalue weighted by Crippen LogP contribution is 2.36. The van der Waals surface area contributed by atoms with Gasteiger partial charge in [-0.15, -0.1) is 12.4 Å². The molecular weight excluding hydrogens is 392 g/mol. The van der Waals surface area contributed by atoms with Gasteiger partial charge in [-0.1, -0.05) is 0 Å². The number of benzene rings is 1. The summed E-state index contributed by atoms with van der Waals surface area (Å²) in [5.41, 5.74) is 2.07. The van der Waals surface area contributed by atoms with Crippen LogP contribution in [0.1, 0.15) is 24.0 Å². The molecule has 0 aliphatic carbocycles. The third-order valence-corrected chi connectivity index (χ3v) is 7.52. The predicted molar refractivity (Wildman–Crippen MR) is 106 cm³/mol. The Bertz CT molecular complexity index is 806. The molecular formula is C18H27ClN2O5S. The minimum atomic E-state index is -3.51. The second-order valence-corrected chi connectivity index (χ2v) is 9.29. The van der Waals surface area contributed by atoms with Crippen molar-refractivity contribution in [2.24, 2.45) is 0 Å². The van der Waals surface area contributed by atoms with Gasteiger partial charge in [0.05, 0.1) is 14.2 Å². The molecule has 0 unspecified atom stereocenters. The van der Waals surface area contributed by atoms with Crippen molar-refractivity contribution in [2.75, 3.05) is 40.1 Å². The molecule has 152 valence electrons. The number of fused-ring (bicyclic) bond motifs is 1. The largest absolute Gasteiger partial charge is 0.493 e. The van der Waals surface area contributed by atoms with Gasteiger partial charge in [0.25, 0.3) is 0 Å². The first-order valence-corrected chi connectivity index (χ1v) is 10.6. The molecule has 1 aromatic carbocycles. The fourth-order valence-electron chi connectivity index (χ4n) is 3.92. The van der Waals surface area contributed by atoms with Crippen LogP contribution in [0.5, 0.6) is 11.5 Å². The van der Waals surface area contributed by atoms with Crippen LogP contribution in [0.15, 0.2) is 12.1 Å². The summed E-state index contributed by atoms with van der Waals surface area (Å²) in [5, 5.41) is 3.15. The maximum atomic E-state index is 13.3. The highest BCUT2D eigenvalue weighted by Gasteiger charge is 2.50. The van der Waals surface area contributed by atoms with E-state index in [1.54, 1.807) is 19.1 Å². The molecule has 0 saturated carbocycles. The zero-order valence-electron chi connectivity index (χ0n) is 15.9. The van der Waals surface area contributed by atoms with Crippen molar-refractivity contribution in [1.29, 1.82) is 0 Å². The van der Waals surface area contributed by atoms with Crippen molar-refractivity contribution < 1.29 is 22.7 Å². The minimum absolute atomic E-state index is 0. The average molecular weight is 419 g/mol. The van der Waals surface area contributed by atoms with E-state index in [9.17, 15) is 13.2 Å². The number of halogens is 1. The monoisotopic (exact) mass is 418 g/mol. The van der Waals surface area contributed by atoms with Gasteiger partial charge in [0.2, 0.25) is 5.91 Å². The van der Waals surface area contributed by atoms with Gasteiger partial charge in [0.1, 0.15) is 0 Å². The molecule has 0 aromatic heterocycles. The number of carbonyl (C=O) groups excluding carboxylic acids is 1. The quantitative estimate of drug-likeness (QED) is 0.790. The van der Waals surface area contributed by atoms with Crippen LogP contribution in [0.2, 0.25) is 0 Å². The van der Waals surface area contributed by atoms with E-state index in [4.69, 9.17) is 9.47 Å². The molecule has 0 radical (unpaired) electrons. The number of nitrogens with zero attached hydrogens (tertiary/aromatic N) is 1. The number of nitrogens with one attached hydrogen (secondary N) is 1. The molecule has 1 amide bonds. The Hall–Kier alpha value is -1.51. The molecule has 2 aliphatic heterocycles. The Kier molecular flexibility index (Phi) is 6.65. The lowest BCUT2D eigenvalue weighted by molar-refractivity contribution is -0.135. The van der Waals surface area contributed by atoms with E-state index in [1.165, 1.54) is 6.26 Å². The van der Waals surface area contributed by atoms with Gasteiger partial charge in [-0.2, -0.15) is 0 Å². The smallest absolute Gasteiger partial charge is 0.244 e. The number of amides is 1. The van der Waals surface area contributed by atoms with Gasteiger partial charge < -0.3 is 19.7 Å². The molecule has 1 saturated heterocycles. The summed E-state index contributed by atoms with van der Waals surface area (Å²) >= 11 is 0. The summed E-state index contributed by atoms with van der Waals surface area (Å²) < 4.78 is 34.4. The van der Waals surface area contributed by atoms with Crippen molar-refractivity contribution in [3.05, 3.63) is 23.3 Å². The standard InChI is InChI=1S/C18H26N2O5S.ClH/c1-24-15-10-13-4-9-20(12-14(13)11-16(15)25-2)17(21)18(26(3,22)23)5-7-19-8-6-18;/h10-11,19H,4-9,12H2,1-3H3;1H. The van der Waals surface area contributed by atoms with E-state index >= 15 is 0 Å². The molecule has 2 aliphatic rings. The zero-order valence-corrected chi connectivity index (χ0v) is 17.5. The van der Waals surface area contributed by atoms with E-state index in [1.807, 2.05) is 12.1 Å². The second-order valence-electron chi connectivity index (χ2n) is 6.97. The first-order chi connectivity index (χ1) is 12.3. The van der Waals surface area contributed by atoms with Crippen LogP contribution in [0, 0.1) is 0 Å². The third kappa shape index (κ3) is 3.88. The first-order valence-electron chi connectivity index (χ1n) is 8.76. The van der Waals surface area contributed by atoms with Crippen LogP contribution in [0.25, 0.3) is 0 Å². The summed E-state index contributed by atoms with van der Waals surface area (Å²) in [7, 11) is -0.347. The molecule has 0 atom stereocenters. The highest BCUT2D eigenvalue weighted by atomic mass is 35.5. The van der Waals surface area contributed by atoms with Crippen molar-refractivity contribution in [3.8, 4) is 11.5 Å². The number of piperidine rings is 1. The summed E-state index contributed by atoms with van der Waals surface area (Å²) in [6.45, 7) is 1.97. The molecule has 2 heterocycles. The van der Waals surface area contributed by atoms with E-state index in [0.29, 0.717) is 56.9 Å². The van der Waals surface area contributed by atoms with E-state index in [0.717, 1.165) is 11.1 Å². The van der Waals surface area contributed by atoms with Crippen molar-refractivity contribution in [3.63, 3.8) is 0 Å². The lowest BCUT2D eigenvalue weighted by Crippen LogP contribution is -2.58. The lowest BCUT2D eigenvalue weighted by Gasteiger charge is -2.40. The van der Waals surface area contributed by atoms with Crippen LogP contribution in [0.4, 0.5) is 0 Å². The summed E-state index contributed by atoms with van der Waals surface area (Å²) in [6.07, 6.45) is 2.49. The first kappa shape index (κ1) is 21.8. The van der Waals surface area contributed by atoms with E-state index in [2.05, 4.69) is 5.32 Å². The van der Waals surface area contributed by atoms with Crippen LogP contribution >= 0.6 is 12.4 Å². The Labute approximate surface area is 166 Å². The predicted octanol–water partition coefficient (Wildman–Crippen LogP) is 1.18. The van der Waals surface area contributed by atoms with Crippen LogP contribution in [-0.2, 0) is 27.6 Å². The molecule has 1 N–H and O–H groups in total. The SMILES string of the molecule is COc1cc2c(cc1OC)CN(C(=O)C1(S(C)(=O)=O)CCNCC1)CC2.Cl. The normalized spacial score (nSPS) is 18.9. The van der Waals surface area contributed by atoms with E-state index < -0.39 is 14.6 Å². The van der Waals surface area contributed by atoms with E-state index in [-0.39, 0.29) is 18.3 Å². The molecule has 7 nitrogen and oxygen atoms in total. The summed E-state index contributed by atoms with van der Waals surface area (Å²) in [4.78, 5) is 15.0. The lowest BCUT2D eigenvalue weighted by atomic mass is 9.92. The van der Waals surface area contributed by atoms with Crippen LogP contribution in [-0.4, -0.2) is 64.1 Å². The number of hydrogen-bond donors (Lipinski definition) is 1. The molecule has 1 aromatic rings. The third-order valence-electron chi connectivity index (χ3n) is 5.52. The molecule has 27 heavy (non-hydrogen) atoms. The Morgan fingerprint density at radius 3 is 2.19 bits per heavy atom. The number of methoxy groups -OCH3 is 2. The van der Waals surface area contributed by atoms with Crippen molar-refractivity contribution in [2.45, 2.75) is 30.6 Å². The van der Waals surface area contributed by atoms with Crippen molar-refractivity contribution in [1.82, 2.24) is 10.2 Å². The Morgan fingerprint density at radius 2 is 1.67 bits per heavy atom. The van der Waals surface area contributed by atoms with Crippen molar-refractivity contribution >= 4 is 28.2 Å². The maximum absolute atomic E-state index is 13.3. The number of carbonyl (C=O) groups is 1. The number of ether oxygens (including phenoxy) is 2. The molecule has 0 spiro atoms. The molecule has 0 bridgehead atoms. The molecule has 1 fully saturated rings. The Morgan fingerprint density at radius 1 is 1.11 bits per heavy atom. The number of hydrogen-bond acceptors (Lipinski definition) is 6. The maximum Gasteiger partial charge on any atom is 0.244 e. The van der Waals surface area contributed by atoms with Crippen LogP contribution < -0.4 is 14.8 Å². The van der Waals surface area contributed by atoms with Crippen LogP contribution in [0.3, 0.4) is 0 Å². The fraction of sp³-hybridized carbons (Fsp3) is 0.611. The molecule has 9 heteroatoms. The number of rotatable bonds is 4. The summed E-state index contributed by atoms with van der Waals surface area (Å²) in [5.74, 6) is 0.999. The number of sulfone groups is 1. The van der Waals surface area contributed by atoms with Gasteiger partial charge in [0, 0.05) is 19.3 Å². The zero-order chi connectivity index (χ0) is 18.9. The molecule has 3 rings (SSSR count). The van der Waals surface area contributed by atoms with Gasteiger partial charge in [-0.05, 0) is 55.6 Å². The second kappa shape index (κ2) is 8.24. The van der Waals surface area contributed by atoms with Gasteiger partial charge >= 0.3 is 0 Å². The highest BCUT2D eigenvalue weighted by molar-refractivity contribution is 7.92. The topological polar surface area (TPSA) is 84.9 Å². The Balaban J connectivity index is 0.00000261.